The summed E-state index contributed by atoms with van der Waals surface area (Å²) in [6, 6.07) is 7.66. The average molecular weight is 249 g/mol. The maximum atomic E-state index is 5.78. The monoisotopic (exact) mass is 249 g/mol. The molecule has 0 fully saturated rings. The molecule has 0 radical (unpaired) electrons. The molecule has 1 heterocycles. The van der Waals surface area contributed by atoms with E-state index in [0.29, 0.717) is 0 Å². The molecular formula is C13H15NO2S. The smallest absolute Gasteiger partial charge is 0.123 e. The first-order chi connectivity index (χ1) is 8.20. The highest BCUT2D eigenvalue weighted by atomic mass is 32.2. The molecule has 0 atom stereocenters. The molecule has 0 unspecified atom stereocenters. The highest BCUT2D eigenvalue weighted by Gasteiger charge is 2.07. The minimum absolute atomic E-state index is 0.755. The van der Waals surface area contributed by atoms with Gasteiger partial charge in [-0.15, -0.1) is 11.8 Å². The lowest BCUT2D eigenvalue weighted by Gasteiger charge is -2.08. The number of furan rings is 1. The zero-order valence-corrected chi connectivity index (χ0v) is 10.7. The highest BCUT2D eigenvalue weighted by molar-refractivity contribution is 7.98. The van der Waals surface area contributed by atoms with Crippen LogP contribution >= 0.6 is 11.8 Å². The second-order valence-electron chi connectivity index (χ2n) is 3.70. The van der Waals surface area contributed by atoms with Gasteiger partial charge in [-0.05, 0) is 31.2 Å². The fourth-order valence-electron chi connectivity index (χ4n) is 1.59. The second-order valence-corrected chi connectivity index (χ2v) is 4.72. The molecule has 90 valence electrons. The van der Waals surface area contributed by atoms with Crippen LogP contribution in [-0.2, 0) is 5.75 Å². The predicted octanol–water partition coefficient (Wildman–Crippen LogP) is 3.47. The molecule has 1 aromatic carbocycles. The fraction of sp³-hybridized carbons (Fsp3) is 0.231. The van der Waals surface area contributed by atoms with Gasteiger partial charge < -0.3 is 14.9 Å². The first-order valence-electron chi connectivity index (χ1n) is 5.30. The van der Waals surface area contributed by atoms with E-state index >= 15 is 0 Å². The van der Waals surface area contributed by atoms with E-state index in [4.69, 9.17) is 14.9 Å². The third-order valence-corrected chi connectivity index (χ3v) is 3.69. The van der Waals surface area contributed by atoms with Gasteiger partial charge in [0, 0.05) is 21.9 Å². The number of aryl methyl sites for hydroxylation is 1. The number of thioether (sulfide) groups is 1. The number of hydrogen-bond donors (Lipinski definition) is 1. The van der Waals surface area contributed by atoms with Crippen LogP contribution in [0.25, 0.3) is 0 Å². The summed E-state index contributed by atoms with van der Waals surface area (Å²) < 4.78 is 10.6. The Balaban J connectivity index is 2.13. The van der Waals surface area contributed by atoms with Crippen molar-refractivity contribution in [3.8, 4) is 5.75 Å². The third-order valence-electron chi connectivity index (χ3n) is 2.50. The number of ether oxygens (including phenoxy) is 1. The van der Waals surface area contributed by atoms with Crippen molar-refractivity contribution in [2.45, 2.75) is 17.6 Å². The first kappa shape index (κ1) is 11.9. The molecule has 2 N–H and O–H groups in total. The maximum absolute atomic E-state index is 5.78. The molecule has 0 amide bonds. The summed E-state index contributed by atoms with van der Waals surface area (Å²) in [6.07, 6.45) is 1.70. The van der Waals surface area contributed by atoms with Crippen LogP contribution < -0.4 is 10.5 Å². The van der Waals surface area contributed by atoms with E-state index in [0.717, 1.165) is 33.4 Å². The minimum Gasteiger partial charge on any atom is -0.496 e. The Morgan fingerprint density at radius 2 is 2.18 bits per heavy atom. The number of anilines is 1. The molecule has 3 nitrogen and oxygen atoms in total. The molecule has 0 aliphatic carbocycles. The Kier molecular flexibility index (Phi) is 3.64. The lowest BCUT2D eigenvalue weighted by Crippen LogP contribution is -1.93. The summed E-state index contributed by atoms with van der Waals surface area (Å²) in [4.78, 5) is 1.15. The molecule has 2 aromatic rings. The van der Waals surface area contributed by atoms with Crippen molar-refractivity contribution in [3.63, 3.8) is 0 Å². The van der Waals surface area contributed by atoms with Crippen LogP contribution in [-0.4, -0.2) is 7.11 Å². The zero-order valence-electron chi connectivity index (χ0n) is 9.90. The molecule has 0 saturated heterocycles. The van der Waals surface area contributed by atoms with Crippen LogP contribution in [0.2, 0.25) is 0 Å². The van der Waals surface area contributed by atoms with E-state index in [2.05, 4.69) is 0 Å². The topological polar surface area (TPSA) is 48.4 Å². The Bertz CT molecular complexity index is 508. The Morgan fingerprint density at radius 3 is 2.82 bits per heavy atom. The normalized spacial score (nSPS) is 10.5. The van der Waals surface area contributed by atoms with Gasteiger partial charge in [0.15, 0.2) is 0 Å². The number of nitrogen functional groups attached to an aromatic ring is 1. The molecule has 0 aliphatic heterocycles. The Labute approximate surface area is 105 Å². The summed E-state index contributed by atoms with van der Waals surface area (Å²) in [5, 5.41) is 0. The SMILES string of the molecule is COc1ccc(N)cc1CSc1ccoc1C. The largest absolute Gasteiger partial charge is 0.496 e. The molecule has 0 aliphatic rings. The standard InChI is InChI=1S/C13H15NO2S/c1-9-13(5-6-16-9)17-8-10-7-11(14)3-4-12(10)15-2/h3-7H,8,14H2,1-2H3. The number of nitrogens with two attached hydrogens (primary N) is 1. The van der Waals surface area contributed by atoms with Crippen molar-refractivity contribution in [2.75, 3.05) is 12.8 Å². The van der Waals surface area contributed by atoms with Crippen molar-refractivity contribution in [1.82, 2.24) is 0 Å². The van der Waals surface area contributed by atoms with E-state index in [-0.39, 0.29) is 0 Å². The minimum atomic E-state index is 0.755. The molecule has 0 spiro atoms. The van der Waals surface area contributed by atoms with Crippen LogP contribution in [0.15, 0.2) is 39.8 Å². The molecule has 17 heavy (non-hydrogen) atoms. The summed E-state index contributed by atoms with van der Waals surface area (Å²) in [6.45, 7) is 1.96. The van der Waals surface area contributed by atoms with Gasteiger partial charge >= 0.3 is 0 Å². The second kappa shape index (κ2) is 5.19. The number of benzene rings is 1. The summed E-state index contributed by atoms with van der Waals surface area (Å²) >= 11 is 1.72. The van der Waals surface area contributed by atoms with Crippen molar-refractivity contribution in [2.24, 2.45) is 0 Å². The molecule has 1 aromatic heterocycles. The summed E-state index contributed by atoms with van der Waals surface area (Å²) in [7, 11) is 1.67. The molecule has 0 bridgehead atoms. The van der Waals surface area contributed by atoms with Crippen molar-refractivity contribution < 1.29 is 9.15 Å². The fourth-order valence-corrected chi connectivity index (χ4v) is 2.53. The summed E-state index contributed by atoms with van der Waals surface area (Å²) in [5.74, 6) is 2.62. The van der Waals surface area contributed by atoms with Gasteiger partial charge in [-0.2, -0.15) is 0 Å². The molecular weight excluding hydrogens is 234 g/mol. The number of rotatable bonds is 4. The van der Waals surface area contributed by atoms with Crippen LogP contribution in [0.3, 0.4) is 0 Å². The quantitative estimate of drug-likeness (QED) is 0.665. The Hall–Kier alpha value is -1.55. The van der Waals surface area contributed by atoms with Gasteiger partial charge in [-0.1, -0.05) is 0 Å². The molecule has 0 saturated carbocycles. The lowest BCUT2D eigenvalue weighted by atomic mass is 10.2. The van der Waals surface area contributed by atoms with Crippen LogP contribution in [0.1, 0.15) is 11.3 Å². The van der Waals surface area contributed by atoms with Crippen LogP contribution in [0, 0.1) is 6.92 Å². The maximum Gasteiger partial charge on any atom is 0.123 e. The van der Waals surface area contributed by atoms with E-state index in [1.165, 1.54) is 0 Å². The van der Waals surface area contributed by atoms with E-state index in [9.17, 15) is 0 Å². The van der Waals surface area contributed by atoms with Crippen LogP contribution in [0.4, 0.5) is 5.69 Å². The molecule has 4 heteroatoms. The van der Waals surface area contributed by atoms with Gasteiger partial charge in [-0.3, -0.25) is 0 Å². The predicted molar refractivity (Wildman–Crippen MR) is 70.4 cm³/mol. The third kappa shape index (κ3) is 2.77. The van der Waals surface area contributed by atoms with Gasteiger partial charge in [0.2, 0.25) is 0 Å². The van der Waals surface area contributed by atoms with Gasteiger partial charge in [0.1, 0.15) is 11.5 Å². The first-order valence-corrected chi connectivity index (χ1v) is 6.28. The van der Waals surface area contributed by atoms with Crippen LogP contribution in [0.5, 0.6) is 5.75 Å². The highest BCUT2D eigenvalue weighted by Crippen LogP contribution is 2.31. The average Bonchev–Trinajstić information content (AvgIpc) is 2.72. The summed E-state index contributed by atoms with van der Waals surface area (Å²) in [5.41, 5.74) is 7.63. The van der Waals surface area contributed by atoms with Crippen molar-refractivity contribution >= 4 is 17.4 Å². The number of hydrogen-bond acceptors (Lipinski definition) is 4. The van der Waals surface area contributed by atoms with Crippen molar-refractivity contribution in [3.05, 3.63) is 41.9 Å². The number of methoxy groups -OCH3 is 1. The van der Waals surface area contributed by atoms with Gasteiger partial charge in [-0.25, -0.2) is 0 Å². The molecule has 2 rings (SSSR count). The zero-order chi connectivity index (χ0) is 12.3. The van der Waals surface area contributed by atoms with E-state index < -0.39 is 0 Å². The van der Waals surface area contributed by atoms with Gasteiger partial charge in [0.25, 0.3) is 0 Å². The van der Waals surface area contributed by atoms with E-state index in [1.54, 1.807) is 25.1 Å². The Morgan fingerprint density at radius 1 is 1.35 bits per heavy atom. The van der Waals surface area contributed by atoms with Crippen molar-refractivity contribution in [1.29, 1.82) is 0 Å². The lowest BCUT2D eigenvalue weighted by molar-refractivity contribution is 0.411. The van der Waals surface area contributed by atoms with E-state index in [1.807, 2.05) is 31.2 Å². The van der Waals surface area contributed by atoms with Gasteiger partial charge in [0.05, 0.1) is 13.4 Å².